The van der Waals surface area contributed by atoms with Gasteiger partial charge in [0.1, 0.15) is 10.7 Å². The van der Waals surface area contributed by atoms with Crippen LogP contribution < -0.4 is 10.5 Å². The molecule has 0 bridgehead atoms. The zero-order valence-electron chi connectivity index (χ0n) is 11.8. The fourth-order valence-corrected chi connectivity index (χ4v) is 2.92. The maximum atomic E-state index is 12.0. The van der Waals surface area contributed by atoms with Crippen LogP contribution in [0, 0.1) is 0 Å². The molecule has 7 nitrogen and oxygen atoms in total. The van der Waals surface area contributed by atoms with Gasteiger partial charge in [0.05, 0.1) is 6.20 Å². The summed E-state index contributed by atoms with van der Waals surface area (Å²) in [5, 5.41) is 3.83. The lowest BCUT2D eigenvalue weighted by Crippen LogP contribution is -2.30. The molecule has 3 N–H and O–H groups in total. The van der Waals surface area contributed by atoms with Crippen LogP contribution in [0.2, 0.25) is 0 Å². The molecule has 110 valence electrons. The summed E-state index contributed by atoms with van der Waals surface area (Å²) in [4.78, 5) is 2.28. The number of rotatable bonds is 8. The van der Waals surface area contributed by atoms with Crippen molar-refractivity contribution in [2.45, 2.75) is 25.2 Å². The molecule has 8 heteroatoms. The Morgan fingerprint density at radius 2 is 2.05 bits per heavy atom. The Bertz CT molecular complexity index is 493. The van der Waals surface area contributed by atoms with Gasteiger partial charge in [0.25, 0.3) is 0 Å². The van der Waals surface area contributed by atoms with Gasteiger partial charge in [-0.25, -0.2) is 13.1 Å². The maximum absolute atomic E-state index is 12.0. The van der Waals surface area contributed by atoms with Gasteiger partial charge in [-0.05, 0) is 26.1 Å². The molecule has 0 fully saturated rings. The van der Waals surface area contributed by atoms with E-state index in [9.17, 15) is 8.42 Å². The Morgan fingerprint density at radius 1 is 1.42 bits per heavy atom. The second-order valence-electron chi connectivity index (χ2n) is 4.30. The first kappa shape index (κ1) is 15.9. The van der Waals surface area contributed by atoms with E-state index >= 15 is 0 Å². The van der Waals surface area contributed by atoms with Crippen molar-refractivity contribution in [2.24, 2.45) is 7.05 Å². The molecule has 0 aromatic carbocycles. The molecule has 0 saturated carbocycles. The maximum Gasteiger partial charge on any atom is 0.245 e. The van der Waals surface area contributed by atoms with E-state index in [2.05, 4.69) is 28.6 Å². The Hall–Kier alpha value is -1.12. The van der Waals surface area contributed by atoms with E-state index in [1.807, 2.05) is 0 Å². The molecular weight excluding hydrogens is 266 g/mol. The van der Waals surface area contributed by atoms with Crippen molar-refractivity contribution in [1.29, 1.82) is 0 Å². The van der Waals surface area contributed by atoms with Gasteiger partial charge in [-0.1, -0.05) is 13.8 Å². The van der Waals surface area contributed by atoms with Crippen molar-refractivity contribution in [3.8, 4) is 0 Å². The summed E-state index contributed by atoms with van der Waals surface area (Å²) < 4.78 is 27.9. The normalized spacial score (nSPS) is 12.2. The molecule has 0 amide bonds. The zero-order chi connectivity index (χ0) is 14.5. The molecule has 0 unspecified atom stereocenters. The largest absolute Gasteiger partial charge is 0.383 e. The Kier molecular flexibility index (Phi) is 5.77. The minimum absolute atomic E-state index is 0.0397. The highest BCUT2D eigenvalue weighted by Gasteiger charge is 2.20. The lowest BCUT2D eigenvalue weighted by atomic mass is 10.4. The number of nitrogen functional groups attached to an aromatic ring is 1. The number of anilines is 1. The summed E-state index contributed by atoms with van der Waals surface area (Å²) in [7, 11) is -1.95. The van der Waals surface area contributed by atoms with E-state index in [1.165, 1.54) is 10.9 Å². The van der Waals surface area contributed by atoms with Crippen LogP contribution in [0.25, 0.3) is 0 Å². The molecule has 0 aliphatic heterocycles. The summed E-state index contributed by atoms with van der Waals surface area (Å²) in [5.41, 5.74) is 5.66. The number of hydrogen-bond donors (Lipinski definition) is 2. The smallest absolute Gasteiger partial charge is 0.245 e. The zero-order valence-corrected chi connectivity index (χ0v) is 12.6. The third kappa shape index (κ3) is 4.19. The number of nitrogens with one attached hydrogen (secondary N) is 1. The Labute approximate surface area is 114 Å². The van der Waals surface area contributed by atoms with Crippen LogP contribution in [0.5, 0.6) is 0 Å². The van der Waals surface area contributed by atoms with Gasteiger partial charge in [-0.15, -0.1) is 0 Å². The lowest BCUT2D eigenvalue weighted by molar-refractivity contribution is 0.300. The Balaban J connectivity index is 2.51. The quantitative estimate of drug-likeness (QED) is 0.658. The SMILES string of the molecule is CCN(CC)CCCNS(=O)(=O)c1cnn(C)c1N. The van der Waals surface area contributed by atoms with Gasteiger partial charge in [-0.2, -0.15) is 5.10 Å². The predicted octanol–water partition coefficient (Wildman–Crippen LogP) is 0.0125. The first-order valence-corrected chi connectivity index (χ1v) is 7.90. The van der Waals surface area contributed by atoms with Gasteiger partial charge in [0.15, 0.2) is 0 Å². The number of nitrogens with two attached hydrogens (primary N) is 1. The second-order valence-corrected chi connectivity index (χ2v) is 6.03. The molecule has 0 spiro atoms. The van der Waals surface area contributed by atoms with Crippen molar-refractivity contribution < 1.29 is 8.42 Å². The van der Waals surface area contributed by atoms with Crippen molar-refractivity contribution in [3.63, 3.8) is 0 Å². The molecule has 1 rings (SSSR count). The summed E-state index contributed by atoms with van der Waals surface area (Å²) in [5.74, 6) is 0.149. The molecule has 0 aliphatic rings. The van der Waals surface area contributed by atoms with E-state index in [-0.39, 0.29) is 10.7 Å². The number of aryl methyl sites for hydroxylation is 1. The van der Waals surface area contributed by atoms with Crippen molar-refractivity contribution in [3.05, 3.63) is 6.20 Å². The summed E-state index contributed by atoms with van der Waals surface area (Å²) in [6.07, 6.45) is 2.03. The summed E-state index contributed by atoms with van der Waals surface area (Å²) >= 11 is 0. The van der Waals surface area contributed by atoms with E-state index in [0.29, 0.717) is 6.54 Å². The highest BCUT2D eigenvalue weighted by molar-refractivity contribution is 7.89. The molecule has 1 aromatic rings. The lowest BCUT2D eigenvalue weighted by Gasteiger charge is -2.17. The molecule has 1 heterocycles. The topological polar surface area (TPSA) is 93.2 Å². The van der Waals surface area contributed by atoms with Gasteiger partial charge in [-0.3, -0.25) is 4.68 Å². The predicted molar refractivity (Wildman–Crippen MR) is 75.2 cm³/mol. The van der Waals surface area contributed by atoms with Gasteiger partial charge < -0.3 is 10.6 Å². The minimum Gasteiger partial charge on any atom is -0.383 e. The molecule has 0 atom stereocenters. The second kappa shape index (κ2) is 6.88. The van der Waals surface area contributed by atoms with Crippen molar-refractivity contribution in [2.75, 3.05) is 31.9 Å². The van der Waals surface area contributed by atoms with E-state index < -0.39 is 10.0 Å². The average Bonchev–Trinajstić information content (AvgIpc) is 2.71. The van der Waals surface area contributed by atoms with Crippen molar-refractivity contribution in [1.82, 2.24) is 19.4 Å². The molecule has 1 aromatic heterocycles. The molecular formula is C11H23N5O2S. The first-order valence-electron chi connectivity index (χ1n) is 6.41. The molecule has 19 heavy (non-hydrogen) atoms. The minimum atomic E-state index is -3.56. The number of hydrogen-bond acceptors (Lipinski definition) is 5. The Morgan fingerprint density at radius 3 is 2.53 bits per heavy atom. The fourth-order valence-electron chi connectivity index (χ4n) is 1.76. The molecule has 0 radical (unpaired) electrons. The van der Waals surface area contributed by atoms with Gasteiger partial charge in [0, 0.05) is 13.6 Å². The van der Waals surface area contributed by atoms with Crippen LogP contribution in [-0.2, 0) is 17.1 Å². The fraction of sp³-hybridized carbons (Fsp3) is 0.727. The number of aromatic nitrogens is 2. The number of nitrogens with zero attached hydrogens (tertiary/aromatic N) is 3. The molecule has 0 saturated heterocycles. The summed E-state index contributed by atoms with van der Waals surface area (Å²) in [6.45, 7) is 7.39. The van der Waals surface area contributed by atoms with E-state index in [0.717, 1.165) is 26.1 Å². The highest BCUT2D eigenvalue weighted by Crippen LogP contribution is 2.15. The average molecular weight is 289 g/mol. The van der Waals surface area contributed by atoms with E-state index in [4.69, 9.17) is 5.73 Å². The van der Waals surface area contributed by atoms with Crippen molar-refractivity contribution >= 4 is 15.8 Å². The van der Waals surface area contributed by atoms with Crippen LogP contribution in [0.15, 0.2) is 11.1 Å². The standard InChI is InChI=1S/C11H23N5O2S/c1-4-16(5-2)8-6-7-14-19(17,18)10-9-13-15(3)11(10)12/h9,14H,4-8,12H2,1-3H3. The van der Waals surface area contributed by atoms with Crippen LogP contribution in [0.4, 0.5) is 5.82 Å². The first-order chi connectivity index (χ1) is 8.92. The van der Waals surface area contributed by atoms with Crippen LogP contribution in [0.3, 0.4) is 0 Å². The van der Waals surface area contributed by atoms with Gasteiger partial charge >= 0.3 is 0 Å². The number of sulfonamides is 1. The third-order valence-corrected chi connectivity index (χ3v) is 4.55. The third-order valence-electron chi connectivity index (χ3n) is 3.08. The monoisotopic (exact) mass is 289 g/mol. The molecule has 0 aliphatic carbocycles. The van der Waals surface area contributed by atoms with Crippen LogP contribution >= 0.6 is 0 Å². The summed E-state index contributed by atoms with van der Waals surface area (Å²) in [6, 6.07) is 0. The highest BCUT2D eigenvalue weighted by atomic mass is 32.2. The van der Waals surface area contributed by atoms with Crippen LogP contribution in [-0.4, -0.2) is 49.3 Å². The van der Waals surface area contributed by atoms with E-state index in [1.54, 1.807) is 7.05 Å². The van der Waals surface area contributed by atoms with Crippen LogP contribution in [0.1, 0.15) is 20.3 Å². The van der Waals surface area contributed by atoms with Gasteiger partial charge in [0.2, 0.25) is 10.0 Å².